The van der Waals surface area contributed by atoms with E-state index in [1.54, 1.807) is 24.3 Å². The van der Waals surface area contributed by atoms with Crippen LogP contribution in [0.1, 0.15) is 11.1 Å². The van der Waals surface area contributed by atoms with Crippen LogP contribution in [0.5, 0.6) is 0 Å². The number of nitrogen functional groups attached to an aromatic ring is 1. The van der Waals surface area contributed by atoms with Crippen LogP contribution in [0.4, 0.5) is 0 Å². The number of carboxylic acids is 1. The summed E-state index contributed by atoms with van der Waals surface area (Å²) in [5.74, 6) is -1.08. The number of rotatable bonds is 4. The van der Waals surface area contributed by atoms with Gasteiger partial charge in [-0.15, -0.1) is 24.8 Å². The first-order valence-electron chi connectivity index (χ1n) is 4.42. The first-order valence-corrected chi connectivity index (χ1v) is 4.42. The third-order valence-electron chi connectivity index (χ3n) is 2.01. The quantitative estimate of drug-likeness (QED) is 0.482. The lowest BCUT2D eigenvalue weighted by Gasteiger charge is -2.07. The molecule has 0 saturated heterocycles. The molecule has 1 atom stereocenters. The zero-order valence-electron chi connectivity index (χ0n) is 8.92. The second kappa shape index (κ2) is 7.89. The van der Waals surface area contributed by atoms with Crippen LogP contribution in [0.3, 0.4) is 0 Å². The second-order valence-electron chi connectivity index (χ2n) is 3.26. The molecule has 7 heteroatoms. The van der Waals surface area contributed by atoms with Crippen LogP contribution in [-0.2, 0) is 11.2 Å². The van der Waals surface area contributed by atoms with Gasteiger partial charge in [-0.05, 0) is 18.1 Å². The summed E-state index contributed by atoms with van der Waals surface area (Å²) in [6.07, 6.45) is 0.233. The van der Waals surface area contributed by atoms with E-state index in [-0.39, 0.29) is 37.1 Å². The SMILES string of the molecule is Cl.Cl.N=C(N)c1cccc(CC(N)C(=O)O)c1. The number of benzene rings is 1. The van der Waals surface area contributed by atoms with Crippen molar-refractivity contribution in [2.45, 2.75) is 12.5 Å². The fourth-order valence-electron chi connectivity index (χ4n) is 1.21. The highest BCUT2D eigenvalue weighted by Crippen LogP contribution is 2.06. The molecule has 1 rings (SSSR count). The highest BCUT2D eigenvalue weighted by molar-refractivity contribution is 5.95. The topological polar surface area (TPSA) is 113 Å². The summed E-state index contributed by atoms with van der Waals surface area (Å²) in [6, 6.07) is 5.92. The van der Waals surface area contributed by atoms with Crippen LogP contribution >= 0.6 is 24.8 Å². The molecule has 0 aliphatic rings. The average molecular weight is 280 g/mol. The van der Waals surface area contributed by atoms with Crippen molar-refractivity contribution in [2.24, 2.45) is 11.5 Å². The second-order valence-corrected chi connectivity index (χ2v) is 3.26. The van der Waals surface area contributed by atoms with E-state index in [1.165, 1.54) is 0 Å². The maximum Gasteiger partial charge on any atom is 0.320 e. The molecule has 1 aromatic rings. The Morgan fingerprint density at radius 2 is 2.00 bits per heavy atom. The fraction of sp³-hybridized carbons (Fsp3) is 0.200. The van der Waals surface area contributed by atoms with Crippen molar-refractivity contribution in [3.63, 3.8) is 0 Å². The number of nitrogens with two attached hydrogens (primary N) is 2. The molecule has 0 fully saturated rings. The Kier molecular flexibility index (Phi) is 8.39. The van der Waals surface area contributed by atoms with Gasteiger partial charge in [0.15, 0.2) is 0 Å². The van der Waals surface area contributed by atoms with E-state index < -0.39 is 12.0 Å². The van der Waals surface area contributed by atoms with E-state index in [9.17, 15) is 4.79 Å². The molecular formula is C10H15Cl2N3O2. The van der Waals surface area contributed by atoms with Crippen molar-refractivity contribution in [2.75, 3.05) is 0 Å². The van der Waals surface area contributed by atoms with Gasteiger partial charge in [-0.3, -0.25) is 10.2 Å². The van der Waals surface area contributed by atoms with Gasteiger partial charge in [-0.1, -0.05) is 18.2 Å². The Bertz CT molecular complexity index is 399. The zero-order chi connectivity index (χ0) is 11.4. The molecule has 0 heterocycles. The van der Waals surface area contributed by atoms with E-state index >= 15 is 0 Å². The summed E-state index contributed by atoms with van der Waals surface area (Å²) in [6.45, 7) is 0. The number of carboxylic acid groups (broad SMARTS) is 1. The van der Waals surface area contributed by atoms with Crippen molar-refractivity contribution < 1.29 is 9.90 Å². The Morgan fingerprint density at radius 3 is 2.47 bits per heavy atom. The number of aliphatic carboxylic acids is 1. The van der Waals surface area contributed by atoms with Gasteiger partial charge in [-0.2, -0.15) is 0 Å². The van der Waals surface area contributed by atoms with Crippen molar-refractivity contribution >= 4 is 36.6 Å². The minimum atomic E-state index is -1.04. The number of halogens is 2. The molecule has 0 bridgehead atoms. The highest BCUT2D eigenvalue weighted by atomic mass is 35.5. The molecule has 0 aliphatic heterocycles. The number of nitrogens with one attached hydrogen (secondary N) is 1. The first-order chi connectivity index (χ1) is 7.00. The third-order valence-corrected chi connectivity index (χ3v) is 2.01. The summed E-state index contributed by atoms with van der Waals surface area (Å²) < 4.78 is 0. The molecule has 0 aromatic heterocycles. The van der Waals surface area contributed by atoms with Crippen molar-refractivity contribution in [1.82, 2.24) is 0 Å². The monoisotopic (exact) mass is 279 g/mol. The molecule has 17 heavy (non-hydrogen) atoms. The number of hydrogen-bond acceptors (Lipinski definition) is 3. The standard InChI is InChI=1S/C10H13N3O2.2ClH/c11-8(10(14)15)5-6-2-1-3-7(4-6)9(12)13;;/h1-4,8H,5,11H2,(H3,12,13)(H,14,15);2*1H. The number of hydrogen-bond donors (Lipinski definition) is 4. The van der Waals surface area contributed by atoms with Crippen molar-refractivity contribution in [3.05, 3.63) is 35.4 Å². The van der Waals surface area contributed by atoms with Gasteiger partial charge < -0.3 is 16.6 Å². The van der Waals surface area contributed by atoms with Crippen LogP contribution in [0.15, 0.2) is 24.3 Å². The van der Waals surface area contributed by atoms with Gasteiger partial charge in [0.25, 0.3) is 0 Å². The summed E-state index contributed by atoms with van der Waals surface area (Å²) in [5, 5.41) is 15.9. The van der Waals surface area contributed by atoms with E-state index in [4.69, 9.17) is 22.0 Å². The summed E-state index contributed by atoms with van der Waals surface area (Å²) in [4.78, 5) is 10.5. The molecule has 1 aromatic carbocycles. The minimum Gasteiger partial charge on any atom is -0.480 e. The molecule has 0 saturated carbocycles. The van der Waals surface area contributed by atoms with Crippen molar-refractivity contribution in [1.29, 1.82) is 5.41 Å². The molecule has 0 amide bonds. The molecule has 96 valence electrons. The van der Waals surface area contributed by atoms with Crippen LogP contribution < -0.4 is 11.5 Å². The van der Waals surface area contributed by atoms with Crippen LogP contribution in [-0.4, -0.2) is 23.0 Å². The highest BCUT2D eigenvalue weighted by Gasteiger charge is 2.12. The lowest BCUT2D eigenvalue weighted by atomic mass is 10.0. The summed E-state index contributed by atoms with van der Waals surface area (Å²) >= 11 is 0. The minimum absolute atomic E-state index is 0. The zero-order valence-corrected chi connectivity index (χ0v) is 10.6. The maximum absolute atomic E-state index is 10.5. The van der Waals surface area contributed by atoms with E-state index in [1.807, 2.05) is 0 Å². The Balaban J connectivity index is 0. The smallest absolute Gasteiger partial charge is 0.320 e. The molecular weight excluding hydrogens is 265 g/mol. The van der Waals surface area contributed by atoms with E-state index in [2.05, 4.69) is 0 Å². The summed E-state index contributed by atoms with van der Waals surface area (Å²) in [5.41, 5.74) is 12.0. The van der Waals surface area contributed by atoms with Gasteiger partial charge in [-0.25, -0.2) is 0 Å². The van der Waals surface area contributed by atoms with Crippen LogP contribution in [0, 0.1) is 5.41 Å². The van der Waals surface area contributed by atoms with Gasteiger partial charge >= 0.3 is 5.97 Å². The summed E-state index contributed by atoms with van der Waals surface area (Å²) in [7, 11) is 0. The molecule has 0 aliphatic carbocycles. The van der Waals surface area contributed by atoms with Gasteiger partial charge in [0.05, 0.1) is 0 Å². The molecule has 0 radical (unpaired) electrons. The largest absolute Gasteiger partial charge is 0.480 e. The molecule has 0 spiro atoms. The molecule has 6 N–H and O–H groups in total. The maximum atomic E-state index is 10.5. The van der Waals surface area contributed by atoms with Gasteiger partial charge in [0.1, 0.15) is 11.9 Å². The fourth-order valence-corrected chi connectivity index (χ4v) is 1.21. The predicted molar refractivity (Wildman–Crippen MR) is 71.3 cm³/mol. The Labute approximate surface area is 112 Å². The molecule has 5 nitrogen and oxygen atoms in total. The average Bonchev–Trinajstić information content (AvgIpc) is 2.18. The van der Waals surface area contributed by atoms with Crippen LogP contribution in [0.2, 0.25) is 0 Å². The normalized spacial score (nSPS) is 10.6. The number of carbonyl (C=O) groups is 1. The van der Waals surface area contributed by atoms with Crippen molar-refractivity contribution in [3.8, 4) is 0 Å². The third kappa shape index (κ3) is 5.53. The Hall–Kier alpha value is -1.30. The molecule has 1 unspecified atom stereocenters. The van der Waals surface area contributed by atoms with Gasteiger partial charge in [0, 0.05) is 5.56 Å². The number of amidine groups is 1. The van der Waals surface area contributed by atoms with Crippen LogP contribution in [0.25, 0.3) is 0 Å². The predicted octanol–water partition coefficient (Wildman–Crippen LogP) is 0.769. The lowest BCUT2D eigenvalue weighted by molar-refractivity contribution is -0.138. The lowest BCUT2D eigenvalue weighted by Crippen LogP contribution is -2.32. The van der Waals surface area contributed by atoms with E-state index in [0.29, 0.717) is 5.56 Å². The first kappa shape index (κ1) is 18.1. The Morgan fingerprint density at radius 1 is 1.41 bits per heavy atom. The van der Waals surface area contributed by atoms with Gasteiger partial charge in [0.2, 0.25) is 0 Å². The van der Waals surface area contributed by atoms with E-state index in [0.717, 1.165) is 5.56 Å².